The lowest BCUT2D eigenvalue weighted by molar-refractivity contribution is 0.0899. The van der Waals surface area contributed by atoms with Gasteiger partial charge in [0.2, 0.25) is 0 Å². The molecule has 0 atom stereocenters. The second kappa shape index (κ2) is 18.1. The first-order valence-electron chi connectivity index (χ1n) is 18.0. The van der Waals surface area contributed by atoms with Gasteiger partial charge in [-0.2, -0.15) is 0 Å². The Morgan fingerprint density at radius 2 is 0.641 bits per heavy atom. The fourth-order valence-corrected chi connectivity index (χ4v) is 9.05. The molecule has 39 heavy (non-hydrogen) atoms. The van der Waals surface area contributed by atoms with Crippen molar-refractivity contribution in [3.8, 4) is 0 Å². The van der Waals surface area contributed by atoms with E-state index in [0.717, 1.165) is 60.6 Å². The third-order valence-corrected chi connectivity index (χ3v) is 12.0. The van der Waals surface area contributed by atoms with Gasteiger partial charge in [0, 0.05) is 13.2 Å². The van der Waals surface area contributed by atoms with E-state index in [1.165, 1.54) is 141 Å². The van der Waals surface area contributed by atoms with Crippen molar-refractivity contribution >= 4 is 0 Å². The molecule has 4 saturated carbocycles. The van der Waals surface area contributed by atoms with Crippen LogP contribution in [0.4, 0.5) is 0 Å². The third kappa shape index (κ3) is 11.7. The van der Waals surface area contributed by atoms with Crippen molar-refractivity contribution in [1.82, 2.24) is 0 Å². The predicted octanol–water partition coefficient (Wildman–Crippen LogP) is 11.7. The van der Waals surface area contributed by atoms with Gasteiger partial charge in [-0.15, -0.1) is 0 Å². The van der Waals surface area contributed by atoms with E-state index in [1.54, 1.807) is 0 Å². The van der Waals surface area contributed by atoms with E-state index < -0.39 is 0 Å². The van der Waals surface area contributed by atoms with Gasteiger partial charge in [-0.3, -0.25) is 0 Å². The number of ether oxygens (including phenoxy) is 1. The van der Waals surface area contributed by atoms with Crippen molar-refractivity contribution in [3.05, 3.63) is 24.3 Å². The highest BCUT2D eigenvalue weighted by atomic mass is 16.5. The first kappa shape index (κ1) is 31.4. The maximum absolute atomic E-state index is 6.19. The standard InChI is InChI=1S/C38H66O/c1-3-5-31-7-11-33(12-8-31)15-17-35-19-23-37(24-20-35)27-29-39-30-28-38-25-21-36(22-26-38)18-16-34-13-9-32(6-4-2)10-14-34/h3-6,31-38H,7-30H2,1-2H3. The van der Waals surface area contributed by atoms with Crippen molar-refractivity contribution in [2.75, 3.05) is 13.2 Å². The molecule has 0 saturated heterocycles. The summed E-state index contributed by atoms with van der Waals surface area (Å²) in [6, 6.07) is 0. The van der Waals surface area contributed by atoms with E-state index in [-0.39, 0.29) is 0 Å². The van der Waals surface area contributed by atoms with Crippen LogP contribution < -0.4 is 0 Å². The smallest absolute Gasteiger partial charge is 0.0468 e. The summed E-state index contributed by atoms with van der Waals surface area (Å²) in [6.45, 7) is 6.41. The van der Waals surface area contributed by atoms with Crippen LogP contribution in [0, 0.1) is 47.3 Å². The highest BCUT2D eigenvalue weighted by Gasteiger charge is 2.26. The van der Waals surface area contributed by atoms with Crippen LogP contribution >= 0.6 is 0 Å². The van der Waals surface area contributed by atoms with E-state index in [2.05, 4.69) is 38.2 Å². The van der Waals surface area contributed by atoms with Gasteiger partial charge in [0.1, 0.15) is 0 Å². The fourth-order valence-electron chi connectivity index (χ4n) is 9.05. The zero-order valence-electron chi connectivity index (χ0n) is 26.3. The molecule has 0 unspecified atom stereocenters. The Bertz CT molecular complexity index is 603. The maximum Gasteiger partial charge on any atom is 0.0468 e. The van der Waals surface area contributed by atoms with E-state index in [0.29, 0.717) is 0 Å². The molecule has 0 heterocycles. The molecule has 4 fully saturated rings. The molecule has 0 N–H and O–H groups in total. The van der Waals surface area contributed by atoms with E-state index in [1.807, 2.05) is 0 Å². The Kier molecular flexibility index (Phi) is 14.5. The van der Waals surface area contributed by atoms with Crippen molar-refractivity contribution in [1.29, 1.82) is 0 Å². The first-order valence-corrected chi connectivity index (χ1v) is 18.0. The molecule has 0 amide bonds. The number of hydrogen-bond donors (Lipinski definition) is 0. The molecular weight excluding hydrogens is 472 g/mol. The average Bonchev–Trinajstić information content (AvgIpc) is 2.98. The second-order valence-corrected chi connectivity index (χ2v) is 14.7. The van der Waals surface area contributed by atoms with Gasteiger partial charge in [-0.25, -0.2) is 0 Å². The van der Waals surface area contributed by atoms with Crippen LogP contribution in [0.25, 0.3) is 0 Å². The maximum atomic E-state index is 6.19. The summed E-state index contributed by atoms with van der Waals surface area (Å²) in [4.78, 5) is 0. The largest absolute Gasteiger partial charge is 0.381 e. The molecule has 4 aliphatic carbocycles. The molecule has 1 nitrogen and oxygen atoms in total. The molecule has 0 aromatic rings. The Labute approximate surface area is 244 Å². The molecule has 0 radical (unpaired) electrons. The molecule has 0 aromatic heterocycles. The summed E-state index contributed by atoms with van der Waals surface area (Å²) in [5.74, 6) is 7.80. The summed E-state index contributed by atoms with van der Waals surface area (Å²) in [6.07, 6.45) is 41.8. The van der Waals surface area contributed by atoms with Crippen LogP contribution in [-0.4, -0.2) is 13.2 Å². The molecule has 224 valence electrons. The lowest BCUT2D eigenvalue weighted by Crippen LogP contribution is -2.19. The number of hydrogen-bond acceptors (Lipinski definition) is 1. The highest BCUT2D eigenvalue weighted by Crippen LogP contribution is 2.39. The zero-order chi connectivity index (χ0) is 27.1. The molecule has 0 aliphatic heterocycles. The zero-order valence-corrected chi connectivity index (χ0v) is 26.3. The topological polar surface area (TPSA) is 9.23 Å². The third-order valence-electron chi connectivity index (χ3n) is 12.0. The van der Waals surface area contributed by atoms with Crippen molar-refractivity contribution in [2.24, 2.45) is 47.3 Å². The van der Waals surface area contributed by atoms with Crippen molar-refractivity contribution < 1.29 is 4.74 Å². The molecule has 0 bridgehead atoms. The fraction of sp³-hybridized carbons (Fsp3) is 0.895. The number of rotatable bonds is 14. The minimum absolute atomic E-state index is 0.886. The van der Waals surface area contributed by atoms with Gasteiger partial charge in [-0.1, -0.05) is 101 Å². The monoisotopic (exact) mass is 539 g/mol. The lowest BCUT2D eigenvalue weighted by Gasteiger charge is -2.32. The minimum Gasteiger partial charge on any atom is -0.381 e. The number of allylic oxidation sites excluding steroid dienone is 4. The summed E-state index contributed by atoms with van der Waals surface area (Å²) in [5.41, 5.74) is 0. The Morgan fingerprint density at radius 1 is 0.385 bits per heavy atom. The van der Waals surface area contributed by atoms with E-state index >= 15 is 0 Å². The quantitative estimate of drug-likeness (QED) is 0.158. The SMILES string of the molecule is CC=CC1CCC(CCC2CCC(CCOCCC3CCC(CCC4CCC(C=CC)CC4)CC3)CC2)CC1. The summed E-state index contributed by atoms with van der Waals surface area (Å²) in [7, 11) is 0. The Morgan fingerprint density at radius 3 is 0.923 bits per heavy atom. The van der Waals surface area contributed by atoms with Crippen LogP contribution in [0.3, 0.4) is 0 Å². The van der Waals surface area contributed by atoms with Crippen LogP contribution in [0.2, 0.25) is 0 Å². The van der Waals surface area contributed by atoms with Crippen molar-refractivity contribution in [2.45, 2.75) is 155 Å². The highest BCUT2D eigenvalue weighted by molar-refractivity contribution is 4.90. The van der Waals surface area contributed by atoms with E-state index in [9.17, 15) is 0 Å². The van der Waals surface area contributed by atoms with Crippen molar-refractivity contribution in [3.63, 3.8) is 0 Å². The van der Waals surface area contributed by atoms with Gasteiger partial charge in [-0.05, 0) is 125 Å². The van der Waals surface area contributed by atoms with Crippen LogP contribution in [0.1, 0.15) is 155 Å². The molecule has 0 spiro atoms. The Balaban J connectivity index is 0.945. The molecule has 4 rings (SSSR count). The van der Waals surface area contributed by atoms with Gasteiger partial charge in [0.05, 0.1) is 0 Å². The molecule has 4 aliphatic rings. The van der Waals surface area contributed by atoms with Crippen LogP contribution in [-0.2, 0) is 4.74 Å². The van der Waals surface area contributed by atoms with Gasteiger partial charge in [0.15, 0.2) is 0 Å². The first-order chi connectivity index (χ1) is 19.2. The van der Waals surface area contributed by atoms with Crippen LogP contribution in [0.5, 0.6) is 0 Å². The Hall–Kier alpha value is -0.560. The van der Waals surface area contributed by atoms with E-state index in [4.69, 9.17) is 4.74 Å². The molecule has 1 heteroatoms. The van der Waals surface area contributed by atoms with Gasteiger partial charge < -0.3 is 4.74 Å². The summed E-state index contributed by atoms with van der Waals surface area (Å²) >= 11 is 0. The summed E-state index contributed by atoms with van der Waals surface area (Å²) in [5, 5.41) is 0. The minimum atomic E-state index is 0.886. The second-order valence-electron chi connectivity index (χ2n) is 14.7. The van der Waals surface area contributed by atoms with Gasteiger partial charge in [0.25, 0.3) is 0 Å². The predicted molar refractivity (Wildman–Crippen MR) is 170 cm³/mol. The lowest BCUT2D eigenvalue weighted by atomic mass is 9.75. The van der Waals surface area contributed by atoms with Crippen LogP contribution in [0.15, 0.2) is 24.3 Å². The average molecular weight is 539 g/mol. The molecular formula is C38H66O. The molecule has 0 aromatic carbocycles. The summed E-state index contributed by atoms with van der Waals surface area (Å²) < 4.78 is 6.19. The normalized spacial score (nSPS) is 36.6. The van der Waals surface area contributed by atoms with Gasteiger partial charge >= 0.3 is 0 Å².